The molecule has 2 nitrogen and oxygen atoms in total. The molecule has 0 amide bonds. The highest BCUT2D eigenvalue weighted by Crippen LogP contribution is 2.30. The van der Waals surface area contributed by atoms with Crippen LogP contribution in [0.4, 0.5) is 11.4 Å². The summed E-state index contributed by atoms with van der Waals surface area (Å²) in [6.45, 7) is 3.43. The molecule has 0 saturated heterocycles. The Kier molecular flexibility index (Phi) is 4.29. The second-order valence-electron chi connectivity index (χ2n) is 5.44. The molecule has 3 N–H and O–H groups in total. The number of nitrogens with one attached hydrogen (secondary N) is 1. The lowest BCUT2D eigenvalue weighted by atomic mass is 9.81. The van der Waals surface area contributed by atoms with Crippen LogP contribution in [0.5, 0.6) is 0 Å². The Morgan fingerprint density at radius 2 is 2.12 bits per heavy atom. The smallest absolute Gasteiger partial charge is 0.0573 e. The SMILES string of the molecule is CC1CCCC(CCNc2ccccc2N)C1. The van der Waals surface area contributed by atoms with Gasteiger partial charge in [-0.25, -0.2) is 0 Å². The maximum absolute atomic E-state index is 5.90. The lowest BCUT2D eigenvalue weighted by molar-refractivity contribution is 0.274. The van der Waals surface area contributed by atoms with Gasteiger partial charge in [-0.2, -0.15) is 0 Å². The quantitative estimate of drug-likeness (QED) is 0.773. The Morgan fingerprint density at radius 3 is 2.88 bits per heavy atom. The van der Waals surface area contributed by atoms with E-state index in [4.69, 9.17) is 5.73 Å². The highest BCUT2D eigenvalue weighted by molar-refractivity contribution is 5.65. The van der Waals surface area contributed by atoms with Crippen LogP contribution in [0.15, 0.2) is 24.3 Å². The summed E-state index contributed by atoms with van der Waals surface area (Å²) in [5.74, 6) is 1.84. The van der Waals surface area contributed by atoms with Gasteiger partial charge in [-0.3, -0.25) is 0 Å². The Balaban J connectivity index is 1.74. The van der Waals surface area contributed by atoms with Crippen molar-refractivity contribution in [2.45, 2.75) is 39.0 Å². The van der Waals surface area contributed by atoms with E-state index in [1.54, 1.807) is 0 Å². The van der Waals surface area contributed by atoms with E-state index in [2.05, 4.69) is 18.3 Å². The lowest BCUT2D eigenvalue weighted by Crippen LogP contribution is -2.16. The highest BCUT2D eigenvalue weighted by atomic mass is 14.9. The van der Waals surface area contributed by atoms with Crippen molar-refractivity contribution in [3.63, 3.8) is 0 Å². The molecule has 0 bridgehead atoms. The van der Waals surface area contributed by atoms with Crippen molar-refractivity contribution >= 4 is 11.4 Å². The van der Waals surface area contributed by atoms with Crippen LogP contribution in [0.25, 0.3) is 0 Å². The van der Waals surface area contributed by atoms with E-state index in [1.807, 2.05) is 18.2 Å². The summed E-state index contributed by atoms with van der Waals surface area (Å²) in [6.07, 6.45) is 6.94. The molecule has 2 rings (SSSR count). The molecular formula is C15H24N2. The Hall–Kier alpha value is -1.18. The van der Waals surface area contributed by atoms with E-state index in [0.29, 0.717) is 0 Å². The average molecular weight is 232 g/mol. The molecule has 1 aromatic carbocycles. The first-order chi connectivity index (χ1) is 8.25. The maximum Gasteiger partial charge on any atom is 0.0573 e. The van der Waals surface area contributed by atoms with E-state index in [1.165, 1.54) is 32.1 Å². The summed E-state index contributed by atoms with van der Waals surface area (Å²) in [5.41, 5.74) is 7.83. The van der Waals surface area contributed by atoms with Gasteiger partial charge < -0.3 is 11.1 Å². The first kappa shape index (κ1) is 12.3. The number of hydrogen-bond acceptors (Lipinski definition) is 2. The van der Waals surface area contributed by atoms with E-state index >= 15 is 0 Å². The minimum Gasteiger partial charge on any atom is -0.397 e. The molecule has 1 saturated carbocycles. The van der Waals surface area contributed by atoms with Crippen molar-refractivity contribution in [3.8, 4) is 0 Å². The molecule has 2 atom stereocenters. The first-order valence-electron chi connectivity index (χ1n) is 6.84. The van der Waals surface area contributed by atoms with Gasteiger partial charge in [0.25, 0.3) is 0 Å². The van der Waals surface area contributed by atoms with Crippen molar-refractivity contribution in [2.75, 3.05) is 17.6 Å². The molecule has 1 aromatic rings. The molecule has 2 heteroatoms. The fourth-order valence-electron chi connectivity index (χ4n) is 2.89. The molecule has 1 fully saturated rings. The summed E-state index contributed by atoms with van der Waals surface area (Å²) in [6, 6.07) is 8.01. The van der Waals surface area contributed by atoms with Crippen LogP contribution in [-0.4, -0.2) is 6.54 Å². The molecular weight excluding hydrogens is 208 g/mol. The van der Waals surface area contributed by atoms with Gasteiger partial charge in [-0.15, -0.1) is 0 Å². The Labute approximate surface area is 105 Å². The van der Waals surface area contributed by atoms with Crippen molar-refractivity contribution in [2.24, 2.45) is 11.8 Å². The van der Waals surface area contributed by atoms with Crippen LogP contribution in [-0.2, 0) is 0 Å². The molecule has 2 unspecified atom stereocenters. The predicted octanol–water partition coefficient (Wildman–Crippen LogP) is 3.90. The third-order valence-corrected chi connectivity index (χ3v) is 3.87. The van der Waals surface area contributed by atoms with Crippen molar-refractivity contribution in [3.05, 3.63) is 24.3 Å². The minimum absolute atomic E-state index is 0.851. The minimum atomic E-state index is 0.851. The zero-order valence-corrected chi connectivity index (χ0v) is 10.8. The summed E-state index contributed by atoms with van der Waals surface area (Å²) in [4.78, 5) is 0. The molecule has 0 heterocycles. The first-order valence-corrected chi connectivity index (χ1v) is 6.84. The summed E-state index contributed by atoms with van der Waals surface area (Å²) in [7, 11) is 0. The predicted molar refractivity (Wildman–Crippen MR) is 75.1 cm³/mol. The number of hydrogen-bond donors (Lipinski definition) is 2. The molecule has 94 valence electrons. The van der Waals surface area contributed by atoms with Crippen molar-refractivity contribution < 1.29 is 0 Å². The van der Waals surface area contributed by atoms with E-state index in [0.717, 1.165) is 29.8 Å². The number of para-hydroxylation sites is 2. The summed E-state index contributed by atoms with van der Waals surface area (Å²) >= 11 is 0. The normalized spacial score (nSPS) is 24.5. The topological polar surface area (TPSA) is 38.0 Å². The number of benzene rings is 1. The van der Waals surface area contributed by atoms with Gasteiger partial charge in [0, 0.05) is 6.54 Å². The van der Waals surface area contributed by atoms with Crippen molar-refractivity contribution in [1.29, 1.82) is 0 Å². The van der Waals surface area contributed by atoms with Gasteiger partial charge >= 0.3 is 0 Å². The van der Waals surface area contributed by atoms with E-state index in [-0.39, 0.29) is 0 Å². The highest BCUT2D eigenvalue weighted by Gasteiger charge is 2.18. The lowest BCUT2D eigenvalue weighted by Gasteiger charge is -2.26. The molecule has 1 aliphatic rings. The van der Waals surface area contributed by atoms with Crippen LogP contribution >= 0.6 is 0 Å². The van der Waals surface area contributed by atoms with E-state index < -0.39 is 0 Å². The van der Waals surface area contributed by atoms with Crippen molar-refractivity contribution in [1.82, 2.24) is 0 Å². The molecule has 0 aromatic heterocycles. The van der Waals surface area contributed by atoms with Crippen LogP contribution in [0.2, 0.25) is 0 Å². The largest absolute Gasteiger partial charge is 0.397 e. The molecule has 17 heavy (non-hydrogen) atoms. The molecule has 0 radical (unpaired) electrons. The van der Waals surface area contributed by atoms with Gasteiger partial charge in [0.2, 0.25) is 0 Å². The zero-order chi connectivity index (χ0) is 12.1. The summed E-state index contributed by atoms with van der Waals surface area (Å²) in [5, 5.41) is 3.45. The average Bonchev–Trinajstić information content (AvgIpc) is 2.32. The van der Waals surface area contributed by atoms with Crippen LogP contribution < -0.4 is 11.1 Å². The standard InChI is InChI=1S/C15H24N2/c1-12-5-4-6-13(11-12)9-10-17-15-8-3-2-7-14(15)16/h2-3,7-8,12-13,17H,4-6,9-11,16H2,1H3. The molecule has 1 aliphatic carbocycles. The van der Waals surface area contributed by atoms with Gasteiger partial charge in [0.05, 0.1) is 11.4 Å². The number of nitrogens with two attached hydrogens (primary N) is 1. The van der Waals surface area contributed by atoms with Gasteiger partial charge in [0.15, 0.2) is 0 Å². The number of rotatable bonds is 4. The molecule has 0 spiro atoms. The molecule has 0 aliphatic heterocycles. The Morgan fingerprint density at radius 1 is 1.29 bits per heavy atom. The number of nitrogen functional groups attached to an aromatic ring is 1. The summed E-state index contributed by atoms with van der Waals surface area (Å²) < 4.78 is 0. The van der Waals surface area contributed by atoms with Gasteiger partial charge in [-0.05, 0) is 36.8 Å². The van der Waals surface area contributed by atoms with Gasteiger partial charge in [0.1, 0.15) is 0 Å². The monoisotopic (exact) mass is 232 g/mol. The zero-order valence-electron chi connectivity index (χ0n) is 10.8. The van der Waals surface area contributed by atoms with E-state index in [9.17, 15) is 0 Å². The second kappa shape index (κ2) is 5.95. The van der Waals surface area contributed by atoms with Gasteiger partial charge in [-0.1, -0.05) is 38.3 Å². The third-order valence-electron chi connectivity index (χ3n) is 3.87. The fourth-order valence-corrected chi connectivity index (χ4v) is 2.89. The fraction of sp³-hybridized carbons (Fsp3) is 0.600. The van der Waals surface area contributed by atoms with Crippen LogP contribution in [0.3, 0.4) is 0 Å². The third kappa shape index (κ3) is 3.65. The second-order valence-corrected chi connectivity index (χ2v) is 5.44. The number of anilines is 2. The van der Waals surface area contributed by atoms with Crippen LogP contribution in [0.1, 0.15) is 39.0 Å². The Bertz CT molecular complexity index is 349. The van der Waals surface area contributed by atoms with Crippen LogP contribution in [0, 0.1) is 11.8 Å². The maximum atomic E-state index is 5.90.